The van der Waals surface area contributed by atoms with E-state index in [-0.39, 0.29) is 10.5 Å². The van der Waals surface area contributed by atoms with Crippen LogP contribution in [0.5, 0.6) is 0 Å². The number of thiophene rings is 1. The second kappa shape index (κ2) is 3.33. The van der Waals surface area contributed by atoms with Crippen LogP contribution in [0.3, 0.4) is 0 Å². The maximum Gasteiger partial charge on any atom is 0.268 e. The number of aryl methyl sites for hydroxylation is 1. The Hall–Kier alpha value is -0.850. The lowest BCUT2D eigenvalue weighted by Gasteiger charge is -1.97. The van der Waals surface area contributed by atoms with Gasteiger partial charge >= 0.3 is 0 Å². The van der Waals surface area contributed by atoms with E-state index in [2.05, 4.69) is 0 Å². The molecule has 15 heavy (non-hydrogen) atoms. The lowest BCUT2D eigenvalue weighted by molar-refractivity contribution is 0.610. The Morgan fingerprint density at radius 2 is 2.13 bits per heavy atom. The molecule has 2 aromatic rings. The summed E-state index contributed by atoms with van der Waals surface area (Å²) >= 11 is 1.08. The van der Waals surface area contributed by atoms with E-state index in [9.17, 15) is 13.2 Å². The molecular formula is C8H6ClNO3S2. The minimum absolute atomic E-state index is 0.00173. The fourth-order valence-corrected chi connectivity index (χ4v) is 3.86. The van der Waals surface area contributed by atoms with Gasteiger partial charge in [-0.25, -0.2) is 8.42 Å². The fraction of sp³-hybridized carbons (Fsp3) is 0.125. The molecule has 0 aliphatic heterocycles. The molecule has 0 N–H and O–H groups in total. The molecule has 0 bridgehead atoms. The second-order valence-corrected chi connectivity index (χ2v) is 6.43. The van der Waals surface area contributed by atoms with Crippen LogP contribution in [0.25, 0.3) is 10.1 Å². The number of halogens is 1. The minimum Gasteiger partial charge on any atom is -0.317 e. The van der Waals surface area contributed by atoms with Crippen molar-refractivity contribution in [2.45, 2.75) is 4.90 Å². The summed E-state index contributed by atoms with van der Waals surface area (Å²) in [7, 11) is 3.07. The molecule has 4 nitrogen and oxygen atoms in total. The maximum absolute atomic E-state index is 11.6. The van der Waals surface area contributed by atoms with E-state index in [0.29, 0.717) is 10.1 Å². The summed E-state index contributed by atoms with van der Waals surface area (Å²) in [5.74, 6) is 0. The van der Waals surface area contributed by atoms with Crippen molar-refractivity contribution in [3.63, 3.8) is 0 Å². The van der Waals surface area contributed by atoms with Crippen LogP contribution in [-0.2, 0) is 16.1 Å². The smallest absolute Gasteiger partial charge is 0.268 e. The Kier molecular flexibility index (Phi) is 2.37. The number of rotatable bonds is 1. The van der Waals surface area contributed by atoms with Gasteiger partial charge in [0.05, 0.1) is 0 Å². The first-order valence-corrected chi connectivity index (χ1v) is 7.11. The van der Waals surface area contributed by atoms with Gasteiger partial charge in [0.2, 0.25) is 0 Å². The van der Waals surface area contributed by atoms with Crippen LogP contribution in [0.15, 0.2) is 27.3 Å². The zero-order valence-electron chi connectivity index (χ0n) is 7.60. The number of nitrogens with zero attached hydrogens (tertiary/aromatic N) is 1. The monoisotopic (exact) mass is 263 g/mol. The van der Waals surface area contributed by atoms with E-state index >= 15 is 0 Å². The number of aromatic nitrogens is 1. The van der Waals surface area contributed by atoms with Crippen molar-refractivity contribution in [1.82, 2.24) is 4.57 Å². The minimum atomic E-state index is -3.78. The van der Waals surface area contributed by atoms with Crippen molar-refractivity contribution >= 4 is 41.2 Å². The first-order chi connectivity index (χ1) is 6.91. The predicted octanol–water partition coefficient (Wildman–Crippen LogP) is 1.53. The Morgan fingerprint density at radius 3 is 2.73 bits per heavy atom. The van der Waals surface area contributed by atoms with Gasteiger partial charge in [0.15, 0.2) is 0 Å². The number of hydrogen-bond acceptors (Lipinski definition) is 4. The summed E-state index contributed by atoms with van der Waals surface area (Å²) in [5.41, 5.74) is -0.218. The fourth-order valence-electron chi connectivity index (χ4n) is 1.28. The van der Waals surface area contributed by atoms with Gasteiger partial charge < -0.3 is 4.57 Å². The summed E-state index contributed by atoms with van der Waals surface area (Å²) in [4.78, 5) is 11.6. The molecule has 0 aliphatic rings. The van der Waals surface area contributed by atoms with E-state index in [1.165, 1.54) is 16.1 Å². The number of hydrogen-bond donors (Lipinski definition) is 0. The molecule has 0 saturated heterocycles. The van der Waals surface area contributed by atoms with Crippen LogP contribution in [0, 0.1) is 0 Å². The Bertz CT molecular complexity index is 683. The van der Waals surface area contributed by atoms with E-state index in [4.69, 9.17) is 10.7 Å². The van der Waals surface area contributed by atoms with Crippen LogP contribution >= 0.6 is 22.0 Å². The summed E-state index contributed by atoms with van der Waals surface area (Å²) in [6.07, 6.45) is 1.52. The third kappa shape index (κ3) is 1.68. The number of pyridine rings is 1. The summed E-state index contributed by atoms with van der Waals surface area (Å²) in [6.45, 7) is 0. The first kappa shape index (κ1) is 10.7. The van der Waals surface area contributed by atoms with Crippen molar-refractivity contribution in [3.8, 4) is 0 Å². The summed E-state index contributed by atoms with van der Waals surface area (Å²) in [6, 6.07) is 1.57. The summed E-state index contributed by atoms with van der Waals surface area (Å²) in [5, 5.41) is 1.77. The van der Waals surface area contributed by atoms with Crippen molar-refractivity contribution in [1.29, 1.82) is 0 Å². The van der Waals surface area contributed by atoms with Gasteiger partial charge in [-0.3, -0.25) is 4.79 Å². The highest BCUT2D eigenvalue weighted by Gasteiger charge is 2.17. The lowest BCUT2D eigenvalue weighted by Crippen LogP contribution is -2.14. The normalized spacial score (nSPS) is 12.1. The molecule has 2 heterocycles. The van der Waals surface area contributed by atoms with Gasteiger partial charge in [0.1, 0.15) is 9.60 Å². The maximum atomic E-state index is 11.6. The molecule has 0 unspecified atom stereocenters. The topological polar surface area (TPSA) is 56.1 Å². The molecule has 0 atom stereocenters. The molecule has 0 amide bonds. The molecule has 0 radical (unpaired) electrons. The van der Waals surface area contributed by atoms with Crippen LogP contribution < -0.4 is 5.56 Å². The molecule has 0 saturated carbocycles. The standard InChI is InChI=1S/C8H6ClNO3S2/c1-10-3-2-5-6(15(9,12)13)4-14-7(5)8(10)11/h2-4H,1H3. The molecular weight excluding hydrogens is 258 g/mol. The third-order valence-electron chi connectivity index (χ3n) is 2.04. The zero-order chi connectivity index (χ0) is 11.2. The number of fused-ring (bicyclic) bond motifs is 1. The van der Waals surface area contributed by atoms with Gasteiger partial charge in [-0.05, 0) is 6.07 Å². The SMILES string of the molecule is Cn1ccc2c(S(=O)(=O)Cl)csc2c1=O. The second-order valence-electron chi connectivity index (χ2n) is 3.01. The van der Waals surface area contributed by atoms with Crippen molar-refractivity contribution < 1.29 is 8.42 Å². The van der Waals surface area contributed by atoms with E-state index in [1.54, 1.807) is 13.1 Å². The molecule has 80 valence electrons. The quantitative estimate of drug-likeness (QED) is 0.733. The molecule has 0 fully saturated rings. The van der Waals surface area contributed by atoms with Crippen molar-refractivity contribution in [2.75, 3.05) is 0 Å². The first-order valence-electron chi connectivity index (χ1n) is 3.93. The lowest BCUT2D eigenvalue weighted by atomic mass is 10.3. The van der Waals surface area contributed by atoms with Crippen LogP contribution in [0.2, 0.25) is 0 Å². The average Bonchev–Trinajstić information content (AvgIpc) is 2.54. The highest BCUT2D eigenvalue weighted by Crippen LogP contribution is 2.28. The average molecular weight is 264 g/mol. The largest absolute Gasteiger partial charge is 0.317 e. The predicted molar refractivity (Wildman–Crippen MR) is 60.1 cm³/mol. The van der Waals surface area contributed by atoms with Gasteiger partial charge in [0, 0.05) is 34.7 Å². The Morgan fingerprint density at radius 1 is 1.47 bits per heavy atom. The molecule has 0 aromatic carbocycles. The summed E-state index contributed by atoms with van der Waals surface area (Å²) < 4.78 is 24.1. The zero-order valence-corrected chi connectivity index (χ0v) is 9.99. The van der Waals surface area contributed by atoms with Crippen LogP contribution in [0.4, 0.5) is 0 Å². The highest BCUT2D eigenvalue weighted by molar-refractivity contribution is 8.14. The van der Waals surface area contributed by atoms with Crippen LogP contribution in [0.1, 0.15) is 0 Å². The van der Waals surface area contributed by atoms with Gasteiger partial charge in [-0.2, -0.15) is 0 Å². The molecule has 2 aromatic heterocycles. The van der Waals surface area contributed by atoms with Crippen LogP contribution in [-0.4, -0.2) is 13.0 Å². The van der Waals surface area contributed by atoms with Gasteiger partial charge in [-0.1, -0.05) is 0 Å². The highest BCUT2D eigenvalue weighted by atomic mass is 35.7. The van der Waals surface area contributed by atoms with Gasteiger partial charge in [-0.15, -0.1) is 11.3 Å². The van der Waals surface area contributed by atoms with Gasteiger partial charge in [0.25, 0.3) is 14.6 Å². The van der Waals surface area contributed by atoms with Crippen molar-refractivity contribution in [3.05, 3.63) is 28.0 Å². The molecule has 7 heteroatoms. The van der Waals surface area contributed by atoms with E-state index in [0.717, 1.165) is 11.3 Å². The Balaban J connectivity index is 2.97. The molecule has 0 aliphatic carbocycles. The third-order valence-corrected chi connectivity index (χ3v) is 4.53. The van der Waals surface area contributed by atoms with E-state index in [1.807, 2.05) is 0 Å². The van der Waals surface area contributed by atoms with E-state index < -0.39 is 9.05 Å². The molecule has 2 rings (SSSR count). The van der Waals surface area contributed by atoms with Crippen molar-refractivity contribution in [2.24, 2.45) is 7.05 Å². The Labute approximate surface area is 94.1 Å². The molecule has 0 spiro atoms.